The van der Waals surface area contributed by atoms with Gasteiger partial charge in [-0.1, -0.05) is 39.8 Å². The Morgan fingerprint density at radius 1 is 1.33 bits per heavy atom. The number of carbonyl (C=O) groups is 2. The largest absolute Gasteiger partial charge is 0.285 e. The highest BCUT2D eigenvalue weighted by atomic mass is 79.9. The fourth-order valence-corrected chi connectivity index (χ4v) is 3.57. The van der Waals surface area contributed by atoms with Crippen molar-refractivity contribution in [3.63, 3.8) is 0 Å². The molecule has 0 unspecified atom stereocenters. The number of halogens is 1. The Hall–Kier alpha value is -2.03. The zero-order valence-corrected chi connectivity index (χ0v) is 15.3. The van der Waals surface area contributed by atoms with Crippen molar-refractivity contribution in [1.82, 2.24) is 15.4 Å². The number of aromatic nitrogens is 1. The van der Waals surface area contributed by atoms with E-state index in [0.717, 1.165) is 26.8 Å². The zero-order chi connectivity index (χ0) is 17.1. The standard InChI is InChI=1S/C16H10BrN3O2S2/c17-12-5-1-3-10(7-12)8-13-15(22)20(16(23)24-13)19-14(21)11-4-2-6-18-9-11/h1-9H,(H,19,21)/b13-8-. The average Bonchev–Trinajstić information content (AvgIpc) is 2.83. The molecule has 2 heterocycles. The highest BCUT2D eigenvalue weighted by Gasteiger charge is 2.33. The van der Waals surface area contributed by atoms with Crippen LogP contribution in [0, 0.1) is 0 Å². The number of thioether (sulfide) groups is 1. The van der Waals surface area contributed by atoms with Crippen LogP contribution in [0.5, 0.6) is 0 Å². The number of carbonyl (C=O) groups excluding carboxylic acids is 2. The lowest BCUT2D eigenvalue weighted by molar-refractivity contribution is -0.123. The normalized spacial score (nSPS) is 15.9. The molecular formula is C16H10BrN3O2S2. The molecule has 24 heavy (non-hydrogen) atoms. The second-order valence-corrected chi connectivity index (χ2v) is 7.35. The first-order chi connectivity index (χ1) is 11.5. The van der Waals surface area contributed by atoms with Crippen molar-refractivity contribution in [3.8, 4) is 0 Å². The number of benzene rings is 1. The summed E-state index contributed by atoms with van der Waals surface area (Å²) in [6.45, 7) is 0. The summed E-state index contributed by atoms with van der Waals surface area (Å²) in [5.74, 6) is -0.801. The van der Waals surface area contributed by atoms with Gasteiger partial charge in [-0.3, -0.25) is 20.0 Å². The van der Waals surface area contributed by atoms with Gasteiger partial charge in [-0.25, -0.2) is 0 Å². The van der Waals surface area contributed by atoms with E-state index in [0.29, 0.717) is 10.5 Å². The van der Waals surface area contributed by atoms with Crippen LogP contribution in [0.15, 0.2) is 58.2 Å². The summed E-state index contributed by atoms with van der Waals surface area (Å²) >= 11 is 9.72. The van der Waals surface area contributed by atoms with Crippen LogP contribution in [0.25, 0.3) is 6.08 Å². The van der Waals surface area contributed by atoms with Crippen LogP contribution >= 0.6 is 39.9 Å². The molecule has 0 saturated carbocycles. The fraction of sp³-hybridized carbons (Fsp3) is 0. The Morgan fingerprint density at radius 2 is 2.17 bits per heavy atom. The highest BCUT2D eigenvalue weighted by Crippen LogP contribution is 2.31. The van der Waals surface area contributed by atoms with Crippen LogP contribution in [0.4, 0.5) is 0 Å². The third-order valence-electron chi connectivity index (χ3n) is 3.08. The van der Waals surface area contributed by atoms with E-state index < -0.39 is 5.91 Å². The van der Waals surface area contributed by atoms with Gasteiger partial charge in [0.15, 0.2) is 4.32 Å². The lowest BCUT2D eigenvalue weighted by Gasteiger charge is -2.15. The molecule has 3 rings (SSSR count). The lowest BCUT2D eigenvalue weighted by Crippen LogP contribution is -2.44. The molecule has 1 aromatic carbocycles. The molecule has 1 aromatic heterocycles. The molecule has 2 amide bonds. The van der Waals surface area contributed by atoms with E-state index in [2.05, 4.69) is 26.3 Å². The predicted molar refractivity (Wildman–Crippen MR) is 101 cm³/mol. The summed E-state index contributed by atoms with van der Waals surface area (Å²) in [5, 5.41) is 1.08. The number of nitrogens with one attached hydrogen (secondary N) is 1. The van der Waals surface area contributed by atoms with Crippen molar-refractivity contribution < 1.29 is 9.59 Å². The molecule has 1 aliphatic heterocycles. The molecule has 8 heteroatoms. The first-order valence-corrected chi connectivity index (χ1v) is 8.81. The van der Waals surface area contributed by atoms with Crippen molar-refractivity contribution in [2.24, 2.45) is 0 Å². The fourth-order valence-electron chi connectivity index (χ4n) is 1.97. The molecule has 0 spiro atoms. The van der Waals surface area contributed by atoms with E-state index in [1.165, 1.54) is 6.20 Å². The van der Waals surface area contributed by atoms with E-state index in [9.17, 15) is 9.59 Å². The maximum absolute atomic E-state index is 12.5. The second kappa shape index (κ2) is 7.25. The molecule has 0 atom stereocenters. The maximum atomic E-state index is 12.5. The Labute approximate surface area is 156 Å². The summed E-state index contributed by atoms with van der Waals surface area (Å²) in [7, 11) is 0. The van der Waals surface area contributed by atoms with Gasteiger partial charge in [-0.15, -0.1) is 0 Å². The van der Waals surface area contributed by atoms with Crippen molar-refractivity contribution in [1.29, 1.82) is 0 Å². The summed E-state index contributed by atoms with van der Waals surface area (Å²) in [5.41, 5.74) is 3.73. The Balaban J connectivity index is 1.78. The summed E-state index contributed by atoms with van der Waals surface area (Å²) in [6, 6.07) is 10.8. The van der Waals surface area contributed by atoms with Gasteiger partial charge in [0.25, 0.3) is 11.8 Å². The molecular weight excluding hydrogens is 410 g/mol. The van der Waals surface area contributed by atoms with Crippen molar-refractivity contribution in [2.45, 2.75) is 0 Å². The highest BCUT2D eigenvalue weighted by molar-refractivity contribution is 9.10. The summed E-state index contributed by atoms with van der Waals surface area (Å²) in [6.07, 6.45) is 4.72. The van der Waals surface area contributed by atoms with E-state index in [4.69, 9.17) is 12.2 Å². The second-order valence-electron chi connectivity index (χ2n) is 4.75. The van der Waals surface area contributed by atoms with E-state index in [-0.39, 0.29) is 10.2 Å². The smallest absolute Gasteiger partial charge is 0.267 e. The van der Waals surface area contributed by atoms with Crippen LogP contribution in [-0.4, -0.2) is 26.1 Å². The summed E-state index contributed by atoms with van der Waals surface area (Å²) < 4.78 is 1.19. The van der Waals surface area contributed by atoms with Gasteiger partial charge >= 0.3 is 0 Å². The van der Waals surface area contributed by atoms with E-state index in [1.807, 2.05) is 24.3 Å². The number of rotatable bonds is 3. The summed E-state index contributed by atoms with van der Waals surface area (Å²) in [4.78, 5) is 29.0. The Kier molecular flexibility index (Phi) is 5.08. The van der Waals surface area contributed by atoms with Crippen LogP contribution in [0.1, 0.15) is 15.9 Å². The molecule has 0 bridgehead atoms. The van der Waals surface area contributed by atoms with Gasteiger partial charge in [0.05, 0.1) is 10.5 Å². The molecule has 2 aromatic rings. The molecule has 1 N–H and O–H groups in total. The van der Waals surface area contributed by atoms with Crippen LogP contribution in [0.3, 0.4) is 0 Å². The SMILES string of the molecule is O=C(NN1C(=O)/C(=C/c2cccc(Br)c2)SC1=S)c1cccnc1. The monoisotopic (exact) mass is 419 g/mol. The number of hydrogen-bond donors (Lipinski definition) is 1. The third-order valence-corrected chi connectivity index (χ3v) is 4.87. The maximum Gasteiger partial charge on any atom is 0.285 e. The molecule has 1 fully saturated rings. The number of thiocarbonyl (C=S) groups is 1. The number of nitrogens with zero attached hydrogens (tertiary/aromatic N) is 2. The van der Waals surface area contributed by atoms with Crippen molar-refractivity contribution in [2.75, 3.05) is 0 Å². The first kappa shape index (κ1) is 16.8. The topological polar surface area (TPSA) is 62.3 Å². The Morgan fingerprint density at radius 3 is 2.88 bits per heavy atom. The molecule has 1 aliphatic rings. The van der Waals surface area contributed by atoms with Gasteiger partial charge in [0.2, 0.25) is 0 Å². The van der Waals surface area contributed by atoms with Gasteiger partial charge in [0.1, 0.15) is 0 Å². The number of amides is 2. The number of hydrazine groups is 1. The van der Waals surface area contributed by atoms with Crippen LogP contribution in [0.2, 0.25) is 0 Å². The molecule has 0 radical (unpaired) electrons. The van der Waals surface area contributed by atoms with Gasteiger partial charge < -0.3 is 0 Å². The number of hydrogen-bond acceptors (Lipinski definition) is 5. The zero-order valence-electron chi connectivity index (χ0n) is 12.1. The van der Waals surface area contributed by atoms with E-state index >= 15 is 0 Å². The molecule has 5 nitrogen and oxygen atoms in total. The van der Waals surface area contributed by atoms with Gasteiger partial charge in [0, 0.05) is 16.9 Å². The average molecular weight is 420 g/mol. The molecule has 1 saturated heterocycles. The minimum absolute atomic E-state index is 0.276. The van der Waals surface area contributed by atoms with Crippen LogP contribution in [-0.2, 0) is 4.79 Å². The first-order valence-electron chi connectivity index (χ1n) is 6.79. The Bertz CT molecular complexity index is 855. The minimum Gasteiger partial charge on any atom is -0.267 e. The van der Waals surface area contributed by atoms with Gasteiger partial charge in [-0.2, -0.15) is 5.01 Å². The molecule has 0 aliphatic carbocycles. The minimum atomic E-state index is -0.442. The number of pyridine rings is 1. The quantitative estimate of drug-likeness (QED) is 0.610. The van der Waals surface area contributed by atoms with Crippen LogP contribution < -0.4 is 5.43 Å². The van der Waals surface area contributed by atoms with Gasteiger partial charge in [-0.05, 0) is 48.1 Å². The predicted octanol–water partition coefficient (Wildman–Crippen LogP) is 3.39. The lowest BCUT2D eigenvalue weighted by atomic mass is 10.2. The van der Waals surface area contributed by atoms with E-state index in [1.54, 1.807) is 24.4 Å². The third kappa shape index (κ3) is 3.72. The van der Waals surface area contributed by atoms with Crippen molar-refractivity contribution >= 4 is 62.1 Å². The molecule has 120 valence electrons. The van der Waals surface area contributed by atoms with Crippen molar-refractivity contribution in [3.05, 3.63) is 69.3 Å².